The van der Waals surface area contributed by atoms with Crippen molar-refractivity contribution >= 4 is 11.4 Å². The molecule has 2 aromatic carbocycles. The highest BCUT2D eigenvalue weighted by atomic mass is 14.8. The van der Waals surface area contributed by atoms with Crippen molar-refractivity contribution < 1.29 is 0 Å². The predicted molar refractivity (Wildman–Crippen MR) is 81.7 cm³/mol. The van der Waals surface area contributed by atoms with Crippen LogP contribution in [0.5, 0.6) is 0 Å². The quantitative estimate of drug-likeness (QED) is 0.696. The lowest BCUT2D eigenvalue weighted by Gasteiger charge is -2.05. The van der Waals surface area contributed by atoms with Gasteiger partial charge in [0, 0.05) is 22.5 Å². The van der Waals surface area contributed by atoms with Crippen molar-refractivity contribution in [3.8, 4) is 22.5 Å². The number of rotatable bonds is 2. The smallest absolute Gasteiger partial charge is 0.116 e. The van der Waals surface area contributed by atoms with E-state index in [9.17, 15) is 0 Å². The molecule has 0 radical (unpaired) electrons. The highest BCUT2D eigenvalue weighted by molar-refractivity contribution is 5.69. The molecule has 0 amide bonds. The van der Waals surface area contributed by atoms with Gasteiger partial charge < -0.3 is 11.5 Å². The number of anilines is 2. The van der Waals surface area contributed by atoms with Crippen molar-refractivity contribution in [2.24, 2.45) is 0 Å². The Morgan fingerprint density at radius 1 is 0.600 bits per heavy atom. The molecule has 0 aliphatic carbocycles. The third kappa shape index (κ3) is 2.44. The number of hydrogen-bond acceptors (Lipinski definition) is 4. The Labute approximate surface area is 117 Å². The first-order valence-electron chi connectivity index (χ1n) is 6.26. The van der Waals surface area contributed by atoms with Crippen molar-refractivity contribution in [1.29, 1.82) is 0 Å². The van der Waals surface area contributed by atoms with Crippen LogP contribution in [0, 0.1) is 0 Å². The number of aromatic nitrogens is 2. The van der Waals surface area contributed by atoms with Gasteiger partial charge in [-0.25, -0.2) is 9.97 Å². The van der Waals surface area contributed by atoms with Gasteiger partial charge in [-0.15, -0.1) is 0 Å². The SMILES string of the molecule is Nc1ccc(-c2cc(-c3ccc(N)cc3)ncn2)cc1. The van der Waals surface area contributed by atoms with Crippen LogP contribution in [-0.4, -0.2) is 9.97 Å². The van der Waals surface area contributed by atoms with Gasteiger partial charge in [-0.05, 0) is 30.3 Å². The van der Waals surface area contributed by atoms with Crippen molar-refractivity contribution in [3.63, 3.8) is 0 Å². The van der Waals surface area contributed by atoms with Gasteiger partial charge in [-0.2, -0.15) is 0 Å². The molecule has 1 heterocycles. The van der Waals surface area contributed by atoms with E-state index in [1.807, 2.05) is 54.6 Å². The molecule has 1 aromatic heterocycles. The summed E-state index contributed by atoms with van der Waals surface area (Å²) < 4.78 is 0. The molecule has 3 rings (SSSR count). The summed E-state index contributed by atoms with van der Waals surface area (Å²) in [7, 11) is 0. The molecule has 0 atom stereocenters. The summed E-state index contributed by atoms with van der Waals surface area (Å²) in [6, 6.07) is 17.2. The van der Waals surface area contributed by atoms with Crippen molar-refractivity contribution in [1.82, 2.24) is 9.97 Å². The Bertz CT molecular complexity index is 657. The largest absolute Gasteiger partial charge is 0.399 e. The Kier molecular flexibility index (Phi) is 3.05. The van der Waals surface area contributed by atoms with Gasteiger partial charge in [0.05, 0.1) is 11.4 Å². The zero-order valence-corrected chi connectivity index (χ0v) is 10.8. The lowest BCUT2D eigenvalue weighted by Crippen LogP contribution is -1.91. The number of hydrogen-bond donors (Lipinski definition) is 2. The van der Waals surface area contributed by atoms with E-state index in [-0.39, 0.29) is 0 Å². The van der Waals surface area contributed by atoms with E-state index in [4.69, 9.17) is 11.5 Å². The second-order valence-electron chi connectivity index (χ2n) is 4.53. The van der Waals surface area contributed by atoms with Crippen LogP contribution < -0.4 is 11.5 Å². The van der Waals surface area contributed by atoms with Crippen LogP contribution in [0.15, 0.2) is 60.9 Å². The van der Waals surface area contributed by atoms with Crippen LogP contribution in [0.1, 0.15) is 0 Å². The molecule has 0 bridgehead atoms. The van der Waals surface area contributed by atoms with Crippen LogP contribution in [0.3, 0.4) is 0 Å². The fourth-order valence-corrected chi connectivity index (χ4v) is 1.98. The van der Waals surface area contributed by atoms with Crippen molar-refractivity contribution in [2.45, 2.75) is 0 Å². The monoisotopic (exact) mass is 262 g/mol. The first-order valence-corrected chi connectivity index (χ1v) is 6.26. The molecule has 0 spiro atoms. The summed E-state index contributed by atoms with van der Waals surface area (Å²) in [6.45, 7) is 0. The molecule has 0 unspecified atom stereocenters. The van der Waals surface area contributed by atoms with E-state index in [1.54, 1.807) is 6.33 Å². The molecule has 0 saturated heterocycles. The lowest BCUT2D eigenvalue weighted by atomic mass is 10.1. The summed E-state index contributed by atoms with van der Waals surface area (Å²) >= 11 is 0. The van der Waals surface area contributed by atoms with Crippen molar-refractivity contribution in [2.75, 3.05) is 11.5 Å². The highest BCUT2D eigenvalue weighted by Crippen LogP contribution is 2.23. The topological polar surface area (TPSA) is 77.8 Å². The number of nitrogen functional groups attached to an aromatic ring is 2. The van der Waals surface area contributed by atoms with E-state index in [0.29, 0.717) is 0 Å². The summed E-state index contributed by atoms with van der Waals surface area (Å²) in [5, 5.41) is 0. The van der Waals surface area contributed by atoms with Crippen molar-refractivity contribution in [3.05, 3.63) is 60.9 Å². The fourth-order valence-electron chi connectivity index (χ4n) is 1.98. The first kappa shape index (κ1) is 12.2. The van der Waals surface area contributed by atoms with E-state index < -0.39 is 0 Å². The molecule has 3 aromatic rings. The first-order chi connectivity index (χ1) is 9.72. The minimum absolute atomic E-state index is 0.738. The van der Waals surface area contributed by atoms with Gasteiger partial charge in [0.15, 0.2) is 0 Å². The van der Waals surface area contributed by atoms with E-state index in [0.717, 1.165) is 33.9 Å². The highest BCUT2D eigenvalue weighted by Gasteiger charge is 2.04. The molecule has 4 nitrogen and oxygen atoms in total. The van der Waals surface area contributed by atoms with Gasteiger partial charge >= 0.3 is 0 Å². The summed E-state index contributed by atoms with van der Waals surface area (Å²) in [5.41, 5.74) is 16.6. The van der Waals surface area contributed by atoms with Crippen LogP contribution in [-0.2, 0) is 0 Å². The molecular weight excluding hydrogens is 248 g/mol. The number of benzene rings is 2. The Balaban J connectivity index is 2.01. The normalized spacial score (nSPS) is 10.4. The standard InChI is InChI=1S/C16H14N4/c17-13-5-1-11(2-6-13)15-9-16(20-10-19-15)12-3-7-14(18)8-4-12/h1-10H,17-18H2. The van der Waals surface area contributed by atoms with Gasteiger partial charge in [0.25, 0.3) is 0 Å². The number of nitrogens with zero attached hydrogens (tertiary/aromatic N) is 2. The zero-order chi connectivity index (χ0) is 13.9. The average molecular weight is 262 g/mol. The van der Waals surface area contributed by atoms with Crippen LogP contribution in [0.4, 0.5) is 11.4 Å². The maximum atomic E-state index is 5.70. The average Bonchev–Trinajstić information content (AvgIpc) is 2.49. The zero-order valence-electron chi connectivity index (χ0n) is 10.8. The fraction of sp³-hybridized carbons (Fsp3) is 0. The molecule has 4 N–H and O–H groups in total. The lowest BCUT2D eigenvalue weighted by molar-refractivity contribution is 1.18. The summed E-state index contributed by atoms with van der Waals surface area (Å²) in [5.74, 6) is 0. The molecule has 0 aliphatic rings. The van der Waals surface area contributed by atoms with Gasteiger partial charge in [0.2, 0.25) is 0 Å². The minimum atomic E-state index is 0.738. The molecule has 98 valence electrons. The van der Waals surface area contributed by atoms with E-state index >= 15 is 0 Å². The van der Waals surface area contributed by atoms with Crippen LogP contribution in [0.2, 0.25) is 0 Å². The van der Waals surface area contributed by atoms with E-state index in [1.165, 1.54) is 0 Å². The Morgan fingerprint density at radius 2 is 1.00 bits per heavy atom. The molecular formula is C16H14N4. The van der Waals surface area contributed by atoms with E-state index in [2.05, 4.69) is 9.97 Å². The number of nitrogens with two attached hydrogens (primary N) is 2. The Morgan fingerprint density at radius 3 is 1.40 bits per heavy atom. The van der Waals surface area contributed by atoms with Gasteiger partial charge in [0.1, 0.15) is 6.33 Å². The van der Waals surface area contributed by atoms with Gasteiger partial charge in [-0.1, -0.05) is 24.3 Å². The minimum Gasteiger partial charge on any atom is -0.399 e. The second kappa shape index (κ2) is 5.01. The maximum Gasteiger partial charge on any atom is 0.116 e. The third-order valence-electron chi connectivity index (χ3n) is 3.08. The third-order valence-corrected chi connectivity index (χ3v) is 3.08. The van der Waals surface area contributed by atoms with Crippen LogP contribution in [0.25, 0.3) is 22.5 Å². The summed E-state index contributed by atoms with van der Waals surface area (Å²) in [6.07, 6.45) is 1.57. The Hall–Kier alpha value is -2.88. The molecule has 0 fully saturated rings. The molecule has 20 heavy (non-hydrogen) atoms. The second-order valence-corrected chi connectivity index (χ2v) is 4.53. The molecule has 0 saturated carbocycles. The molecule has 4 heteroatoms. The van der Waals surface area contributed by atoms with Gasteiger partial charge in [-0.3, -0.25) is 0 Å². The maximum absolute atomic E-state index is 5.70. The molecule has 0 aliphatic heterocycles. The predicted octanol–water partition coefficient (Wildman–Crippen LogP) is 2.98. The van der Waals surface area contributed by atoms with Crippen LogP contribution >= 0.6 is 0 Å². The summed E-state index contributed by atoms with van der Waals surface area (Å²) in [4.78, 5) is 8.61.